The molecule has 6 rings (SSSR count). The van der Waals surface area contributed by atoms with Crippen LogP contribution < -0.4 is 4.74 Å². The molecule has 0 unspecified atom stereocenters. The number of esters is 1. The monoisotopic (exact) mass is 626 g/mol. The van der Waals surface area contributed by atoms with E-state index in [1.54, 1.807) is 18.2 Å². The van der Waals surface area contributed by atoms with E-state index in [-0.39, 0.29) is 23.3 Å². The van der Waals surface area contributed by atoms with Crippen LogP contribution >= 0.6 is 0 Å². The van der Waals surface area contributed by atoms with E-state index in [1.165, 1.54) is 23.9 Å². The molecule has 2 aliphatic rings. The molecule has 2 fully saturated rings. The number of piperidine rings is 1. The highest BCUT2D eigenvalue weighted by atomic mass is 19.4. The summed E-state index contributed by atoms with van der Waals surface area (Å²) < 4.78 is 75.2. The van der Waals surface area contributed by atoms with Crippen LogP contribution in [0.4, 0.5) is 17.6 Å². The summed E-state index contributed by atoms with van der Waals surface area (Å²) >= 11 is 0. The SMILES string of the molecule is COC(=O)c1ccc2nc(CN3CCC(n4cc(C(F)(F)F)c(OCc5ccc(C#N)cc5F)n4)CC3)n(C[C@@H]3CCO3)c2c1. The molecule has 0 aliphatic carbocycles. The number of alkyl halides is 3. The average Bonchev–Trinajstić information content (AvgIpc) is 3.59. The lowest BCUT2D eigenvalue weighted by Gasteiger charge is -2.32. The van der Waals surface area contributed by atoms with E-state index in [0.717, 1.165) is 35.5 Å². The van der Waals surface area contributed by atoms with Crippen molar-refractivity contribution in [1.29, 1.82) is 5.26 Å². The maximum atomic E-state index is 14.3. The fourth-order valence-corrected chi connectivity index (χ4v) is 5.66. The van der Waals surface area contributed by atoms with Crippen LogP contribution in [-0.4, -0.2) is 63.1 Å². The first-order chi connectivity index (χ1) is 21.6. The first-order valence-electron chi connectivity index (χ1n) is 14.5. The number of ether oxygens (including phenoxy) is 3. The van der Waals surface area contributed by atoms with E-state index >= 15 is 0 Å². The summed E-state index contributed by atoms with van der Waals surface area (Å²) in [6, 6.07) is 10.4. The lowest BCUT2D eigenvalue weighted by atomic mass is 10.1. The number of methoxy groups -OCH3 is 1. The van der Waals surface area contributed by atoms with Crippen LogP contribution in [0.15, 0.2) is 42.6 Å². The molecule has 0 amide bonds. The standard InChI is InChI=1S/C31H30F4N6O4/c1-43-30(42)20-4-5-26-27(13-20)40(15-23-8-11-44-23)28(37-26)17-39-9-6-22(7-10-39)41-16-24(31(33,34)35)29(38-41)45-18-21-3-2-19(14-36)12-25(21)32/h2-5,12-13,16,22-23H,6-11,15,17-18H2,1H3/t23-/m0/s1. The zero-order valence-corrected chi connectivity index (χ0v) is 24.4. The minimum Gasteiger partial charge on any atom is -0.471 e. The summed E-state index contributed by atoms with van der Waals surface area (Å²) in [7, 11) is 1.33. The van der Waals surface area contributed by atoms with E-state index in [0.29, 0.717) is 51.2 Å². The van der Waals surface area contributed by atoms with Gasteiger partial charge in [-0.05, 0) is 49.6 Å². The number of rotatable bonds is 9. The number of likely N-dealkylation sites (tertiary alicyclic amines) is 1. The summed E-state index contributed by atoms with van der Waals surface area (Å²) in [4.78, 5) is 19.2. The fraction of sp³-hybridized carbons (Fsp3) is 0.419. The van der Waals surface area contributed by atoms with Crippen molar-refractivity contribution >= 4 is 17.0 Å². The smallest absolute Gasteiger partial charge is 0.423 e. The summed E-state index contributed by atoms with van der Waals surface area (Å²) in [6.45, 7) is 2.53. The van der Waals surface area contributed by atoms with Gasteiger partial charge in [0.25, 0.3) is 0 Å². The summed E-state index contributed by atoms with van der Waals surface area (Å²) in [5.74, 6) is -0.986. The molecule has 0 bridgehead atoms. The molecule has 4 heterocycles. The third-order valence-corrected chi connectivity index (χ3v) is 8.27. The average molecular weight is 627 g/mol. The molecule has 4 aromatic rings. The van der Waals surface area contributed by atoms with Gasteiger partial charge in [-0.15, -0.1) is 5.10 Å². The second kappa shape index (κ2) is 12.5. The number of hydrogen-bond acceptors (Lipinski definition) is 8. The number of aromatic nitrogens is 4. The zero-order valence-electron chi connectivity index (χ0n) is 24.4. The molecule has 0 N–H and O–H groups in total. The third kappa shape index (κ3) is 6.50. The second-order valence-electron chi connectivity index (χ2n) is 11.2. The van der Waals surface area contributed by atoms with Crippen molar-refractivity contribution < 1.29 is 36.6 Å². The first kappa shape index (κ1) is 30.5. The maximum absolute atomic E-state index is 14.3. The van der Waals surface area contributed by atoms with Crippen LogP contribution in [0.1, 0.15) is 58.2 Å². The molecule has 0 radical (unpaired) electrons. The van der Waals surface area contributed by atoms with Gasteiger partial charge in [-0.25, -0.2) is 14.2 Å². The zero-order chi connectivity index (χ0) is 31.7. The minimum absolute atomic E-state index is 0.0152. The van der Waals surface area contributed by atoms with Gasteiger partial charge in [0.05, 0.1) is 60.6 Å². The number of benzene rings is 2. The fourth-order valence-electron chi connectivity index (χ4n) is 5.66. The highest BCUT2D eigenvalue weighted by Gasteiger charge is 2.38. The van der Waals surface area contributed by atoms with E-state index in [2.05, 4.69) is 14.6 Å². The second-order valence-corrected chi connectivity index (χ2v) is 11.2. The van der Waals surface area contributed by atoms with Gasteiger partial charge in [0.15, 0.2) is 0 Å². The van der Waals surface area contributed by atoms with Crippen molar-refractivity contribution in [3.8, 4) is 11.9 Å². The Balaban J connectivity index is 1.15. The minimum atomic E-state index is -4.71. The van der Waals surface area contributed by atoms with Gasteiger partial charge in [-0.3, -0.25) is 9.58 Å². The van der Waals surface area contributed by atoms with Gasteiger partial charge < -0.3 is 18.8 Å². The van der Waals surface area contributed by atoms with Crippen LogP contribution in [0.25, 0.3) is 11.0 Å². The van der Waals surface area contributed by atoms with Gasteiger partial charge in [0, 0.05) is 31.5 Å². The van der Waals surface area contributed by atoms with Gasteiger partial charge in [-0.1, -0.05) is 6.07 Å². The van der Waals surface area contributed by atoms with Crippen molar-refractivity contribution in [2.45, 2.75) is 57.3 Å². The van der Waals surface area contributed by atoms with Gasteiger partial charge >= 0.3 is 12.1 Å². The number of hydrogen-bond donors (Lipinski definition) is 0. The molecule has 236 valence electrons. The Labute approximate surface area is 255 Å². The van der Waals surface area contributed by atoms with Crippen LogP contribution in [0, 0.1) is 17.1 Å². The maximum Gasteiger partial charge on any atom is 0.423 e. The lowest BCUT2D eigenvalue weighted by Crippen LogP contribution is -2.36. The third-order valence-electron chi connectivity index (χ3n) is 8.27. The number of halogens is 4. The lowest BCUT2D eigenvalue weighted by molar-refractivity contribution is -0.139. The molecule has 10 nitrogen and oxygen atoms in total. The van der Waals surface area contributed by atoms with E-state index in [1.807, 2.05) is 6.07 Å². The molecule has 45 heavy (non-hydrogen) atoms. The number of nitriles is 1. The molecule has 0 saturated carbocycles. The number of nitrogens with zero attached hydrogens (tertiary/aromatic N) is 6. The molecule has 2 aromatic heterocycles. The predicted molar refractivity (Wildman–Crippen MR) is 152 cm³/mol. The Kier molecular flexibility index (Phi) is 8.48. The molecule has 2 saturated heterocycles. The van der Waals surface area contributed by atoms with Crippen LogP contribution in [0.5, 0.6) is 5.88 Å². The summed E-state index contributed by atoms with van der Waals surface area (Å²) in [5, 5.41) is 13.0. The molecule has 2 aliphatic heterocycles. The van der Waals surface area contributed by atoms with Crippen LogP contribution in [0.3, 0.4) is 0 Å². The molecule has 1 atom stereocenters. The van der Waals surface area contributed by atoms with Crippen molar-refractivity contribution in [3.05, 3.63) is 76.5 Å². The van der Waals surface area contributed by atoms with E-state index in [4.69, 9.17) is 24.5 Å². The predicted octanol–water partition coefficient (Wildman–Crippen LogP) is 5.25. The number of imidazole rings is 1. The number of fused-ring (bicyclic) bond motifs is 1. The van der Waals surface area contributed by atoms with E-state index < -0.39 is 36.0 Å². The Bertz CT molecular complexity index is 1750. The Morgan fingerprint density at radius 1 is 1.16 bits per heavy atom. The molecular weight excluding hydrogens is 596 g/mol. The topological polar surface area (TPSA) is 107 Å². The van der Waals surface area contributed by atoms with Gasteiger partial charge in [0.1, 0.15) is 23.8 Å². The van der Waals surface area contributed by atoms with Crippen LogP contribution in [-0.2, 0) is 35.3 Å². The Morgan fingerprint density at radius 2 is 1.93 bits per heavy atom. The Hall–Kier alpha value is -4.48. The molecule has 14 heteroatoms. The van der Waals surface area contributed by atoms with Crippen molar-refractivity contribution in [3.63, 3.8) is 0 Å². The van der Waals surface area contributed by atoms with Gasteiger partial charge in [0.2, 0.25) is 5.88 Å². The van der Waals surface area contributed by atoms with Crippen molar-refractivity contribution in [1.82, 2.24) is 24.2 Å². The van der Waals surface area contributed by atoms with Gasteiger partial charge in [-0.2, -0.15) is 18.4 Å². The quantitative estimate of drug-likeness (QED) is 0.183. The normalized spacial score (nSPS) is 17.6. The molecule has 0 spiro atoms. The van der Waals surface area contributed by atoms with Crippen molar-refractivity contribution in [2.75, 3.05) is 26.8 Å². The molecule has 2 aromatic carbocycles. The summed E-state index contributed by atoms with van der Waals surface area (Å²) in [5.41, 5.74) is 1.06. The van der Waals surface area contributed by atoms with Crippen molar-refractivity contribution in [2.24, 2.45) is 0 Å². The number of carbonyl (C=O) groups is 1. The summed E-state index contributed by atoms with van der Waals surface area (Å²) in [6.07, 6.45) is -1.70. The highest BCUT2D eigenvalue weighted by molar-refractivity contribution is 5.93. The Morgan fingerprint density at radius 3 is 2.58 bits per heavy atom. The first-order valence-corrected chi connectivity index (χ1v) is 14.5. The van der Waals surface area contributed by atoms with E-state index in [9.17, 15) is 22.4 Å². The molecular formula is C31H30F4N6O4. The largest absolute Gasteiger partial charge is 0.471 e. The number of carbonyl (C=O) groups excluding carboxylic acids is 1. The highest BCUT2D eigenvalue weighted by Crippen LogP contribution is 2.38. The van der Waals surface area contributed by atoms with Crippen LogP contribution in [0.2, 0.25) is 0 Å².